The summed E-state index contributed by atoms with van der Waals surface area (Å²) in [5.74, 6) is -0.197. The quantitative estimate of drug-likeness (QED) is 0.610. The monoisotopic (exact) mass is 385 g/mol. The third-order valence-corrected chi connectivity index (χ3v) is 5.92. The molecule has 0 saturated carbocycles. The lowest BCUT2D eigenvalue weighted by Gasteiger charge is -2.33. The van der Waals surface area contributed by atoms with Crippen LogP contribution in [-0.2, 0) is 20.9 Å². The fraction of sp³-hybridized carbons (Fsp3) is 0.500. The Morgan fingerprint density at radius 2 is 1.89 bits per heavy atom. The van der Waals surface area contributed by atoms with Gasteiger partial charge in [-0.05, 0) is 31.4 Å². The van der Waals surface area contributed by atoms with E-state index in [0.717, 1.165) is 43.5 Å². The van der Waals surface area contributed by atoms with Crippen molar-refractivity contribution in [2.75, 3.05) is 25.1 Å². The highest BCUT2D eigenvalue weighted by Gasteiger charge is 2.41. The maximum absolute atomic E-state index is 12.9. The first-order valence-corrected chi connectivity index (χ1v) is 9.58. The van der Waals surface area contributed by atoms with E-state index in [4.69, 9.17) is 4.74 Å². The Bertz CT molecular complexity index is 844. The maximum Gasteiger partial charge on any atom is 0.255 e. The molecule has 3 aliphatic heterocycles. The van der Waals surface area contributed by atoms with E-state index in [-0.39, 0.29) is 30.7 Å². The zero-order valence-electron chi connectivity index (χ0n) is 15.8. The van der Waals surface area contributed by atoms with Gasteiger partial charge in [-0.3, -0.25) is 19.7 Å². The zero-order valence-corrected chi connectivity index (χ0v) is 15.8. The molecule has 8 nitrogen and oxygen atoms in total. The van der Waals surface area contributed by atoms with E-state index < -0.39 is 11.9 Å². The number of piperidine rings is 2. The Labute approximate surface area is 162 Å². The molecule has 0 radical (unpaired) electrons. The molecule has 28 heavy (non-hydrogen) atoms. The summed E-state index contributed by atoms with van der Waals surface area (Å²) in [7, 11) is 1.58. The first kappa shape index (κ1) is 18.5. The van der Waals surface area contributed by atoms with Gasteiger partial charge in [-0.2, -0.15) is 0 Å². The number of hydrogen-bond donors (Lipinski definition) is 1. The summed E-state index contributed by atoms with van der Waals surface area (Å²) in [4.78, 5) is 51.3. The summed E-state index contributed by atoms with van der Waals surface area (Å²) in [5.41, 5.74) is 2.21. The van der Waals surface area contributed by atoms with Gasteiger partial charge in [0.15, 0.2) is 0 Å². The third kappa shape index (κ3) is 3.02. The predicted octanol–water partition coefficient (Wildman–Crippen LogP) is 0.871. The van der Waals surface area contributed by atoms with Crippen LogP contribution in [-0.4, -0.2) is 55.1 Å². The second-order valence-corrected chi connectivity index (χ2v) is 7.50. The van der Waals surface area contributed by atoms with Gasteiger partial charge in [-0.15, -0.1) is 0 Å². The van der Waals surface area contributed by atoms with E-state index in [9.17, 15) is 19.2 Å². The third-order valence-electron chi connectivity index (χ3n) is 5.92. The van der Waals surface area contributed by atoms with Gasteiger partial charge >= 0.3 is 0 Å². The fourth-order valence-electron chi connectivity index (χ4n) is 4.35. The largest absolute Gasteiger partial charge is 0.494 e. The van der Waals surface area contributed by atoms with Crippen LogP contribution in [0.5, 0.6) is 5.75 Å². The lowest BCUT2D eigenvalue weighted by molar-refractivity contribution is -0.136. The second-order valence-electron chi connectivity index (χ2n) is 7.50. The predicted molar refractivity (Wildman–Crippen MR) is 100 cm³/mol. The number of ether oxygens (including phenoxy) is 1. The standard InChI is InChI=1S/C20H23N3O5/c1-28-18-14-10-23(16-4-5-17(25)21-19(16)26)20(27)13(14)2-3-15(18)22-8-6-12(11-24)7-9-22/h2-3,11-12,16H,4-10H2,1H3,(H,21,25,26). The first-order chi connectivity index (χ1) is 13.5. The molecule has 4 rings (SSSR count). The maximum atomic E-state index is 12.9. The van der Waals surface area contributed by atoms with Crippen molar-refractivity contribution >= 4 is 29.7 Å². The summed E-state index contributed by atoms with van der Waals surface area (Å²) in [6.45, 7) is 1.79. The Morgan fingerprint density at radius 1 is 1.14 bits per heavy atom. The van der Waals surface area contributed by atoms with E-state index in [1.165, 1.54) is 4.90 Å². The number of aldehydes is 1. The minimum Gasteiger partial charge on any atom is -0.494 e. The van der Waals surface area contributed by atoms with Crippen LogP contribution in [0.15, 0.2) is 12.1 Å². The highest BCUT2D eigenvalue weighted by atomic mass is 16.5. The SMILES string of the molecule is COc1c(N2CCC(C=O)CC2)ccc2c1CN(C1CCC(=O)NC1=O)C2=O. The molecule has 2 fully saturated rings. The van der Waals surface area contributed by atoms with Gasteiger partial charge in [0, 0.05) is 36.6 Å². The Kier molecular flexibility index (Phi) is 4.78. The van der Waals surface area contributed by atoms with Crippen molar-refractivity contribution in [2.24, 2.45) is 5.92 Å². The molecule has 0 bridgehead atoms. The molecule has 2 saturated heterocycles. The summed E-state index contributed by atoms with van der Waals surface area (Å²) in [6.07, 6.45) is 3.17. The average Bonchev–Trinajstić information content (AvgIpc) is 3.04. The minimum atomic E-state index is -0.644. The molecule has 3 aliphatic rings. The molecule has 148 valence electrons. The van der Waals surface area contributed by atoms with Gasteiger partial charge in [0.25, 0.3) is 5.91 Å². The molecule has 0 aliphatic carbocycles. The minimum absolute atomic E-state index is 0.0984. The molecule has 1 aromatic rings. The summed E-state index contributed by atoms with van der Waals surface area (Å²) in [5, 5.41) is 2.32. The van der Waals surface area contributed by atoms with Crippen LogP contribution >= 0.6 is 0 Å². The first-order valence-electron chi connectivity index (χ1n) is 9.58. The van der Waals surface area contributed by atoms with Crippen LogP contribution in [0.4, 0.5) is 5.69 Å². The van der Waals surface area contributed by atoms with Crippen LogP contribution in [0.25, 0.3) is 0 Å². The number of nitrogens with one attached hydrogen (secondary N) is 1. The van der Waals surface area contributed by atoms with E-state index >= 15 is 0 Å². The number of hydrogen-bond acceptors (Lipinski definition) is 6. The summed E-state index contributed by atoms with van der Waals surface area (Å²) in [6, 6.07) is 3.02. The van der Waals surface area contributed by atoms with Gasteiger partial charge in [-0.1, -0.05) is 0 Å². The summed E-state index contributed by atoms with van der Waals surface area (Å²) < 4.78 is 5.68. The Morgan fingerprint density at radius 3 is 2.54 bits per heavy atom. The number of anilines is 1. The van der Waals surface area contributed by atoms with Gasteiger partial charge in [0.1, 0.15) is 18.1 Å². The Hall–Kier alpha value is -2.90. The van der Waals surface area contributed by atoms with E-state index in [0.29, 0.717) is 17.7 Å². The topological polar surface area (TPSA) is 96.0 Å². The molecule has 3 heterocycles. The molecular formula is C20H23N3O5. The van der Waals surface area contributed by atoms with E-state index in [1.54, 1.807) is 13.2 Å². The molecule has 0 spiro atoms. The van der Waals surface area contributed by atoms with Crippen molar-refractivity contribution in [2.45, 2.75) is 38.3 Å². The van der Waals surface area contributed by atoms with Crippen molar-refractivity contribution < 1.29 is 23.9 Å². The van der Waals surface area contributed by atoms with Crippen molar-refractivity contribution in [3.8, 4) is 5.75 Å². The number of methoxy groups -OCH3 is 1. The van der Waals surface area contributed by atoms with Crippen molar-refractivity contribution in [1.82, 2.24) is 10.2 Å². The van der Waals surface area contributed by atoms with Crippen molar-refractivity contribution in [3.63, 3.8) is 0 Å². The van der Waals surface area contributed by atoms with Gasteiger partial charge < -0.3 is 19.3 Å². The molecule has 3 amide bonds. The molecule has 8 heteroatoms. The molecule has 1 atom stereocenters. The number of rotatable bonds is 4. The number of amides is 3. The molecule has 1 unspecified atom stereocenters. The number of benzene rings is 1. The van der Waals surface area contributed by atoms with Crippen LogP contribution in [0.2, 0.25) is 0 Å². The van der Waals surface area contributed by atoms with Crippen molar-refractivity contribution in [1.29, 1.82) is 0 Å². The van der Waals surface area contributed by atoms with Crippen LogP contribution in [0.3, 0.4) is 0 Å². The van der Waals surface area contributed by atoms with Gasteiger partial charge in [0.2, 0.25) is 11.8 Å². The molecule has 1 N–H and O–H groups in total. The van der Waals surface area contributed by atoms with Gasteiger partial charge in [-0.25, -0.2) is 0 Å². The number of carbonyl (C=O) groups excluding carboxylic acids is 4. The number of carbonyl (C=O) groups is 4. The van der Waals surface area contributed by atoms with E-state index in [2.05, 4.69) is 10.2 Å². The molecular weight excluding hydrogens is 362 g/mol. The van der Waals surface area contributed by atoms with Crippen LogP contribution < -0.4 is 15.0 Å². The fourth-order valence-corrected chi connectivity index (χ4v) is 4.35. The normalized spacial score (nSPS) is 22.9. The summed E-state index contributed by atoms with van der Waals surface area (Å²) >= 11 is 0. The second kappa shape index (κ2) is 7.26. The highest BCUT2D eigenvalue weighted by Crippen LogP contribution is 2.41. The van der Waals surface area contributed by atoms with Gasteiger partial charge in [0.05, 0.1) is 19.3 Å². The van der Waals surface area contributed by atoms with Crippen LogP contribution in [0, 0.1) is 5.92 Å². The average molecular weight is 385 g/mol. The smallest absolute Gasteiger partial charge is 0.255 e. The van der Waals surface area contributed by atoms with Crippen molar-refractivity contribution in [3.05, 3.63) is 23.3 Å². The Balaban J connectivity index is 1.61. The number of imide groups is 1. The van der Waals surface area contributed by atoms with Crippen LogP contribution in [0.1, 0.15) is 41.6 Å². The molecule has 1 aromatic carbocycles. The number of fused-ring (bicyclic) bond motifs is 1. The number of nitrogens with zero attached hydrogens (tertiary/aromatic N) is 2. The lowest BCUT2D eigenvalue weighted by Crippen LogP contribution is -2.52. The van der Waals surface area contributed by atoms with E-state index in [1.807, 2.05) is 6.07 Å². The zero-order chi connectivity index (χ0) is 19.8. The highest BCUT2D eigenvalue weighted by molar-refractivity contribution is 6.06. The molecule has 0 aromatic heterocycles. The lowest BCUT2D eigenvalue weighted by atomic mass is 9.97.